The summed E-state index contributed by atoms with van der Waals surface area (Å²) in [5.74, 6) is 0.880. The molecule has 3 nitrogen and oxygen atoms in total. The second kappa shape index (κ2) is 7.17. The van der Waals surface area contributed by atoms with Gasteiger partial charge in [-0.1, -0.05) is 24.8 Å². The number of aromatic nitrogens is 2. The van der Waals surface area contributed by atoms with Gasteiger partial charge in [-0.05, 0) is 17.7 Å². The molecule has 82 valence electrons. The summed E-state index contributed by atoms with van der Waals surface area (Å²) in [5.41, 5.74) is 1.11. The van der Waals surface area contributed by atoms with E-state index in [-0.39, 0.29) is 0 Å². The zero-order valence-corrected chi connectivity index (χ0v) is 9.21. The lowest BCUT2D eigenvalue weighted by atomic mass is 10.2. The van der Waals surface area contributed by atoms with Crippen molar-refractivity contribution >= 4 is 6.08 Å². The Bertz CT molecular complexity index is 371. The van der Waals surface area contributed by atoms with Crippen LogP contribution < -0.4 is 4.74 Å². The van der Waals surface area contributed by atoms with Gasteiger partial charge in [0, 0.05) is 24.8 Å². The van der Waals surface area contributed by atoms with Crippen LogP contribution in [0.3, 0.4) is 0 Å². The van der Waals surface area contributed by atoms with Crippen molar-refractivity contribution in [1.29, 1.82) is 0 Å². The molecular formula is C13H14N2O. The molecule has 0 amide bonds. The number of rotatable bonds is 2. The third kappa shape index (κ3) is 4.37. The Morgan fingerprint density at radius 1 is 1.00 bits per heavy atom. The normalized spacial score (nSPS) is 8.56. The minimum absolute atomic E-state index is 0.880. The first-order valence-electron chi connectivity index (χ1n) is 4.83. The van der Waals surface area contributed by atoms with E-state index in [1.54, 1.807) is 38.0 Å². The zero-order valence-electron chi connectivity index (χ0n) is 9.21. The van der Waals surface area contributed by atoms with Gasteiger partial charge in [-0.15, -0.1) is 0 Å². The molecule has 3 heteroatoms. The monoisotopic (exact) mass is 214 g/mol. The summed E-state index contributed by atoms with van der Waals surface area (Å²) in [6.07, 6.45) is 8.36. The molecule has 0 unspecified atom stereocenters. The van der Waals surface area contributed by atoms with Crippen molar-refractivity contribution in [3.63, 3.8) is 0 Å². The number of nitrogens with zero attached hydrogens (tertiary/aromatic N) is 2. The molecule has 0 atom stereocenters. The molecule has 0 radical (unpaired) electrons. The van der Waals surface area contributed by atoms with Crippen LogP contribution in [0.15, 0.2) is 55.6 Å². The van der Waals surface area contributed by atoms with Crippen molar-refractivity contribution in [2.75, 3.05) is 7.11 Å². The maximum Gasteiger partial charge on any atom is 0.118 e. The van der Waals surface area contributed by atoms with E-state index in [0.717, 1.165) is 11.3 Å². The van der Waals surface area contributed by atoms with Gasteiger partial charge < -0.3 is 4.74 Å². The van der Waals surface area contributed by atoms with E-state index in [9.17, 15) is 0 Å². The average Bonchev–Trinajstić information content (AvgIpc) is 2.41. The fraction of sp³-hybridized carbons (Fsp3) is 0.0769. The van der Waals surface area contributed by atoms with Gasteiger partial charge >= 0.3 is 0 Å². The maximum absolute atomic E-state index is 4.98. The summed E-state index contributed by atoms with van der Waals surface area (Å²) < 4.78 is 4.98. The molecular weight excluding hydrogens is 200 g/mol. The standard InChI is InChI=1S/C9H10O.C4H4N2/c1-3-8-4-6-9(10-2)7-5-8;1-2-6-4-3-5-1/h3-7H,1H2,2H3;1-4H. The van der Waals surface area contributed by atoms with Gasteiger partial charge in [0.1, 0.15) is 5.75 Å². The van der Waals surface area contributed by atoms with Crippen molar-refractivity contribution in [2.45, 2.75) is 0 Å². The Morgan fingerprint density at radius 2 is 1.50 bits per heavy atom. The van der Waals surface area contributed by atoms with Gasteiger partial charge in [-0.25, -0.2) is 0 Å². The minimum Gasteiger partial charge on any atom is -0.497 e. The van der Waals surface area contributed by atoms with Gasteiger partial charge in [-0.3, -0.25) is 9.97 Å². The van der Waals surface area contributed by atoms with Crippen molar-refractivity contribution in [2.24, 2.45) is 0 Å². The van der Waals surface area contributed by atoms with Crippen molar-refractivity contribution < 1.29 is 4.74 Å². The lowest BCUT2D eigenvalue weighted by molar-refractivity contribution is 0.415. The van der Waals surface area contributed by atoms with Gasteiger partial charge in [0.2, 0.25) is 0 Å². The number of hydrogen-bond donors (Lipinski definition) is 0. The molecule has 0 saturated heterocycles. The fourth-order valence-corrected chi connectivity index (χ4v) is 0.993. The summed E-state index contributed by atoms with van der Waals surface area (Å²) in [6, 6.07) is 7.76. The number of benzene rings is 1. The largest absolute Gasteiger partial charge is 0.497 e. The van der Waals surface area contributed by atoms with E-state index in [1.165, 1.54) is 0 Å². The molecule has 16 heavy (non-hydrogen) atoms. The predicted octanol–water partition coefficient (Wildman–Crippen LogP) is 2.81. The highest BCUT2D eigenvalue weighted by molar-refractivity contribution is 5.48. The predicted molar refractivity (Wildman–Crippen MR) is 65.1 cm³/mol. The molecule has 0 bridgehead atoms. The molecule has 0 saturated carbocycles. The molecule has 0 aliphatic carbocycles. The van der Waals surface area contributed by atoms with Crippen LogP contribution in [0, 0.1) is 0 Å². The number of hydrogen-bond acceptors (Lipinski definition) is 3. The molecule has 2 rings (SSSR count). The Kier molecular flexibility index (Phi) is 5.34. The Labute approximate surface area is 95.5 Å². The van der Waals surface area contributed by atoms with Crippen LogP contribution in [0.25, 0.3) is 6.08 Å². The van der Waals surface area contributed by atoms with Crippen LogP contribution in [-0.2, 0) is 0 Å². The summed E-state index contributed by atoms with van der Waals surface area (Å²) in [6.45, 7) is 3.65. The molecule has 0 fully saturated rings. The lowest BCUT2D eigenvalue weighted by Gasteiger charge is -1.97. The van der Waals surface area contributed by atoms with Crippen LogP contribution in [0.5, 0.6) is 5.75 Å². The molecule has 0 spiro atoms. The lowest BCUT2D eigenvalue weighted by Crippen LogP contribution is -1.80. The Hall–Kier alpha value is -2.16. The first-order valence-corrected chi connectivity index (χ1v) is 4.83. The van der Waals surface area contributed by atoms with E-state index < -0.39 is 0 Å². The maximum atomic E-state index is 4.98. The average molecular weight is 214 g/mol. The van der Waals surface area contributed by atoms with E-state index >= 15 is 0 Å². The van der Waals surface area contributed by atoms with E-state index in [4.69, 9.17) is 4.74 Å². The van der Waals surface area contributed by atoms with Crippen molar-refractivity contribution in [1.82, 2.24) is 9.97 Å². The van der Waals surface area contributed by atoms with Gasteiger partial charge in [0.15, 0.2) is 0 Å². The second-order valence-corrected chi connectivity index (χ2v) is 2.87. The third-order valence-electron chi connectivity index (χ3n) is 1.83. The summed E-state index contributed by atoms with van der Waals surface area (Å²) in [4.78, 5) is 7.44. The smallest absolute Gasteiger partial charge is 0.118 e. The Morgan fingerprint density at radius 3 is 1.81 bits per heavy atom. The third-order valence-corrected chi connectivity index (χ3v) is 1.83. The van der Waals surface area contributed by atoms with Crippen LogP contribution in [0.2, 0.25) is 0 Å². The van der Waals surface area contributed by atoms with Crippen LogP contribution >= 0.6 is 0 Å². The van der Waals surface area contributed by atoms with Crippen LogP contribution in [-0.4, -0.2) is 17.1 Å². The van der Waals surface area contributed by atoms with Crippen molar-refractivity contribution in [3.05, 3.63) is 61.2 Å². The first kappa shape index (κ1) is 11.9. The van der Waals surface area contributed by atoms with E-state index in [2.05, 4.69) is 16.5 Å². The number of ether oxygens (including phenoxy) is 1. The fourth-order valence-electron chi connectivity index (χ4n) is 0.993. The molecule has 1 heterocycles. The highest BCUT2D eigenvalue weighted by Crippen LogP contribution is 2.11. The summed E-state index contributed by atoms with van der Waals surface area (Å²) >= 11 is 0. The number of methoxy groups -OCH3 is 1. The summed E-state index contributed by atoms with van der Waals surface area (Å²) in [5, 5.41) is 0. The second-order valence-electron chi connectivity index (χ2n) is 2.87. The molecule has 0 aliphatic rings. The van der Waals surface area contributed by atoms with Gasteiger partial charge in [-0.2, -0.15) is 0 Å². The van der Waals surface area contributed by atoms with E-state index in [0.29, 0.717) is 0 Å². The van der Waals surface area contributed by atoms with Crippen LogP contribution in [0.4, 0.5) is 0 Å². The molecule has 0 N–H and O–H groups in total. The van der Waals surface area contributed by atoms with Gasteiger partial charge in [0.25, 0.3) is 0 Å². The molecule has 2 aromatic rings. The van der Waals surface area contributed by atoms with E-state index in [1.807, 2.05) is 24.3 Å². The molecule has 1 aromatic heterocycles. The van der Waals surface area contributed by atoms with Crippen molar-refractivity contribution in [3.8, 4) is 5.75 Å². The highest BCUT2D eigenvalue weighted by Gasteiger charge is 1.87. The first-order chi connectivity index (χ1) is 7.86. The van der Waals surface area contributed by atoms with Gasteiger partial charge in [0.05, 0.1) is 7.11 Å². The van der Waals surface area contributed by atoms with Crippen LogP contribution in [0.1, 0.15) is 5.56 Å². The highest BCUT2D eigenvalue weighted by atomic mass is 16.5. The molecule has 0 aliphatic heterocycles. The zero-order chi connectivity index (χ0) is 11.6. The topological polar surface area (TPSA) is 35.0 Å². The quantitative estimate of drug-likeness (QED) is 0.771. The Balaban J connectivity index is 0.000000181. The summed E-state index contributed by atoms with van der Waals surface area (Å²) in [7, 11) is 1.66. The molecule has 1 aromatic carbocycles. The minimum atomic E-state index is 0.880. The SMILES string of the molecule is C=Cc1ccc(OC)cc1.c1cnccn1.